The maximum absolute atomic E-state index is 11.8. The third-order valence-corrected chi connectivity index (χ3v) is 3.58. The quantitative estimate of drug-likeness (QED) is 0.545. The van der Waals surface area contributed by atoms with Gasteiger partial charge >= 0.3 is 12.1 Å². The molecule has 2 atom stereocenters. The molecule has 24 heavy (non-hydrogen) atoms. The first-order chi connectivity index (χ1) is 11.0. The van der Waals surface area contributed by atoms with Crippen molar-refractivity contribution in [3.8, 4) is 0 Å². The lowest BCUT2D eigenvalue weighted by atomic mass is 10.1. The zero-order valence-electron chi connectivity index (χ0n) is 14.0. The third kappa shape index (κ3) is 5.95. The van der Waals surface area contributed by atoms with Crippen LogP contribution in [0.1, 0.15) is 49.2 Å². The average molecular weight is 361 g/mol. The summed E-state index contributed by atoms with van der Waals surface area (Å²) in [6, 6.07) is 0. The van der Waals surface area contributed by atoms with Gasteiger partial charge in [0.15, 0.2) is 10.8 Å². The number of ether oxygens (including phenoxy) is 2. The van der Waals surface area contributed by atoms with Gasteiger partial charge in [-0.25, -0.2) is 14.6 Å². The molecule has 1 amide bonds. The molecule has 5 N–H and O–H groups in total. The number of thiazole rings is 1. The Morgan fingerprint density at radius 3 is 2.54 bits per heavy atom. The molecule has 0 fully saturated rings. The molecular formula is C14H23N3O6S. The third-order valence-electron chi connectivity index (χ3n) is 2.63. The number of nitrogens with zero attached hydrogens (tertiary/aromatic N) is 1. The number of hydrogen-bond acceptors (Lipinski definition) is 9. The molecule has 0 aliphatic carbocycles. The van der Waals surface area contributed by atoms with Crippen molar-refractivity contribution < 1.29 is 29.3 Å². The van der Waals surface area contributed by atoms with Crippen LogP contribution in [-0.4, -0.2) is 52.1 Å². The maximum Gasteiger partial charge on any atom is 0.407 e. The van der Waals surface area contributed by atoms with Gasteiger partial charge in [0.2, 0.25) is 0 Å². The first-order valence-corrected chi connectivity index (χ1v) is 8.13. The molecule has 0 radical (unpaired) electrons. The summed E-state index contributed by atoms with van der Waals surface area (Å²) >= 11 is 0.861. The van der Waals surface area contributed by atoms with Gasteiger partial charge in [-0.2, -0.15) is 0 Å². The monoisotopic (exact) mass is 361 g/mol. The predicted molar refractivity (Wildman–Crippen MR) is 87.7 cm³/mol. The number of amides is 1. The Balaban J connectivity index is 2.74. The SMILES string of the molecule is CCOC(=O)c1nc(N)sc1C(O)C(O)CNC(=O)OC(C)(C)C. The van der Waals surface area contributed by atoms with E-state index in [4.69, 9.17) is 15.2 Å². The number of rotatable bonds is 6. The summed E-state index contributed by atoms with van der Waals surface area (Å²) in [5, 5.41) is 22.6. The number of nitrogen functional groups attached to an aromatic ring is 1. The summed E-state index contributed by atoms with van der Waals surface area (Å²) in [6.07, 6.45) is -3.58. The van der Waals surface area contributed by atoms with Crippen molar-refractivity contribution in [2.45, 2.75) is 45.5 Å². The van der Waals surface area contributed by atoms with Gasteiger partial charge in [0.05, 0.1) is 11.5 Å². The van der Waals surface area contributed by atoms with E-state index >= 15 is 0 Å². The summed E-state index contributed by atoms with van der Waals surface area (Å²) < 4.78 is 9.86. The molecule has 0 saturated heterocycles. The lowest BCUT2D eigenvalue weighted by Gasteiger charge is -2.22. The van der Waals surface area contributed by atoms with Crippen LogP contribution in [0, 0.1) is 0 Å². The summed E-state index contributed by atoms with van der Waals surface area (Å²) in [4.78, 5) is 27.3. The Morgan fingerprint density at radius 2 is 2.00 bits per heavy atom. The van der Waals surface area contributed by atoms with E-state index < -0.39 is 29.9 Å². The van der Waals surface area contributed by atoms with E-state index in [0.717, 1.165) is 11.3 Å². The van der Waals surface area contributed by atoms with Crippen molar-refractivity contribution >= 4 is 28.5 Å². The van der Waals surface area contributed by atoms with E-state index in [1.165, 1.54) is 0 Å². The largest absolute Gasteiger partial charge is 0.461 e. The first kappa shape index (κ1) is 20.1. The standard InChI is InChI=1S/C14H23N3O6S/c1-5-22-11(20)8-10(24-12(15)17-8)9(19)7(18)6-16-13(21)23-14(2,3)4/h7,9,18-19H,5-6H2,1-4H3,(H2,15,17)(H,16,21). The Kier molecular flexibility index (Phi) is 6.93. The maximum atomic E-state index is 11.8. The summed E-state index contributed by atoms with van der Waals surface area (Å²) in [5.74, 6) is -0.744. The fraction of sp³-hybridized carbons (Fsp3) is 0.643. The highest BCUT2D eigenvalue weighted by Gasteiger charge is 2.29. The van der Waals surface area contributed by atoms with Crippen LogP contribution >= 0.6 is 11.3 Å². The zero-order valence-corrected chi connectivity index (χ0v) is 14.8. The Hall–Kier alpha value is -1.91. The number of hydrogen-bond donors (Lipinski definition) is 4. The molecule has 0 spiro atoms. The fourth-order valence-corrected chi connectivity index (χ4v) is 2.55. The summed E-state index contributed by atoms with van der Waals surface area (Å²) in [7, 11) is 0. The van der Waals surface area contributed by atoms with Crippen LogP contribution in [0.25, 0.3) is 0 Å². The first-order valence-electron chi connectivity index (χ1n) is 7.31. The van der Waals surface area contributed by atoms with Gasteiger partial charge in [-0.3, -0.25) is 0 Å². The van der Waals surface area contributed by atoms with Crippen LogP contribution in [0.4, 0.5) is 9.93 Å². The highest BCUT2D eigenvalue weighted by Crippen LogP contribution is 2.29. The van der Waals surface area contributed by atoms with E-state index in [9.17, 15) is 19.8 Å². The molecule has 0 saturated carbocycles. The van der Waals surface area contributed by atoms with Gasteiger partial charge in [-0.1, -0.05) is 11.3 Å². The number of aliphatic hydroxyl groups excluding tert-OH is 2. The second-order valence-corrected chi connectivity index (χ2v) is 6.94. The van der Waals surface area contributed by atoms with E-state index in [2.05, 4.69) is 10.3 Å². The van der Waals surface area contributed by atoms with Crippen LogP contribution in [0.5, 0.6) is 0 Å². The number of nitrogens with two attached hydrogens (primary N) is 1. The number of esters is 1. The molecule has 0 aromatic carbocycles. The topological polar surface area (TPSA) is 144 Å². The van der Waals surface area contributed by atoms with Crippen molar-refractivity contribution in [2.75, 3.05) is 18.9 Å². The van der Waals surface area contributed by atoms with E-state index in [1.54, 1.807) is 27.7 Å². The lowest BCUT2D eigenvalue weighted by Crippen LogP contribution is -2.39. The van der Waals surface area contributed by atoms with Gasteiger partial charge in [-0.15, -0.1) is 0 Å². The molecular weight excluding hydrogens is 338 g/mol. The minimum atomic E-state index is -1.46. The van der Waals surface area contributed by atoms with Crippen LogP contribution in [0.15, 0.2) is 0 Å². The molecule has 1 aromatic rings. The lowest BCUT2D eigenvalue weighted by molar-refractivity contribution is 0.0133. The average Bonchev–Trinajstić information content (AvgIpc) is 2.84. The number of carbonyl (C=O) groups excluding carboxylic acids is 2. The molecule has 2 unspecified atom stereocenters. The van der Waals surface area contributed by atoms with Crippen LogP contribution < -0.4 is 11.1 Å². The number of aromatic nitrogens is 1. The molecule has 1 rings (SSSR count). The van der Waals surface area contributed by atoms with Gasteiger partial charge in [0.25, 0.3) is 0 Å². The highest BCUT2D eigenvalue weighted by molar-refractivity contribution is 7.15. The molecule has 0 aliphatic heterocycles. The Labute approximate surface area is 143 Å². The van der Waals surface area contributed by atoms with E-state index in [1.807, 2.05) is 0 Å². The van der Waals surface area contributed by atoms with E-state index in [0.29, 0.717) is 0 Å². The van der Waals surface area contributed by atoms with Crippen molar-refractivity contribution in [1.29, 1.82) is 0 Å². The van der Waals surface area contributed by atoms with Crippen molar-refractivity contribution in [1.82, 2.24) is 10.3 Å². The molecule has 0 bridgehead atoms. The summed E-state index contributed by atoms with van der Waals surface area (Å²) in [6.45, 7) is 6.57. The predicted octanol–water partition coefficient (Wildman–Crippen LogP) is 0.821. The van der Waals surface area contributed by atoms with Crippen molar-refractivity contribution in [2.24, 2.45) is 0 Å². The number of alkyl carbamates (subject to hydrolysis) is 1. The highest BCUT2D eigenvalue weighted by atomic mass is 32.1. The second kappa shape index (κ2) is 8.27. The fourth-order valence-electron chi connectivity index (χ4n) is 1.68. The molecule has 1 heterocycles. The Bertz CT molecular complexity index is 584. The Morgan fingerprint density at radius 1 is 1.38 bits per heavy atom. The molecule has 10 heteroatoms. The molecule has 1 aromatic heterocycles. The van der Waals surface area contributed by atoms with E-state index in [-0.39, 0.29) is 28.9 Å². The van der Waals surface area contributed by atoms with Gasteiger partial charge in [-0.05, 0) is 27.7 Å². The number of carbonyl (C=O) groups is 2. The van der Waals surface area contributed by atoms with Crippen LogP contribution in [0.3, 0.4) is 0 Å². The normalized spacial score (nSPS) is 13.9. The van der Waals surface area contributed by atoms with Crippen molar-refractivity contribution in [3.63, 3.8) is 0 Å². The van der Waals surface area contributed by atoms with Gasteiger partial charge in [0.1, 0.15) is 17.8 Å². The molecule has 136 valence electrons. The molecule has 9 nitrogen and oxygen atoms in total. The smallest absolute Gasteiger partial charge is 0.407 e. The molecule has 0 aliphatic rings. The minimum Gasteiger partial charge on any atom is -0.461 e. The van der Waals surface area contributed by atoms with Crippen molar-refractivity contribution in [3.05, 3.63) is 10.6 Å². The van der Waals surface area contributed by atoms with Gasteiger partial charge in [0, 0.05) is 6.54 Å². The minimum absolute atomic E-state index is 0.0550. The summed E-state index contributed by atoms with van der Waals surface area (Å²) in [5.41, 5.74) is 4.73. The number of anilines is 1. The number of nitrogens with one attached hydrogen (secondary N) is 1. The van der Waals surface area contributed by atoms with Crippen LogP contribution in [0.2, 0.25) is 0 Å². The zero-order chi connectivity index (χ0) is 18.5. The van der Waals surface area contributed by atoms with Gasteiger partial charge < -0.3 is 30.7 Å². The second-order valence-electron chi connectivity index (χ2n) is 5.88. The van der Waals surface area contributed by atoms with Crippen LogP contribution in [-0.2, 0) is 9.47 Å². The number of aliphatic hydroxyl groups is 2.